The lowest BCUT2D eigenvalue weighted by Gasteiger charge is -2.21. The van der Waals surface area contributed by atoms with Crippen molar-refractivity contribution in [2.24, 2.45) is 17.8 Å². The van der Waals surface area contributed by atoms with E-state index in [1.807, 2.05) is 6.92 Å². The Bertz CT molecular complexity index is 789. The zero-order valence-electron chi connectivity index (χ0n) is 18.1. The van der Waals surface area contributed by atoms with Crippen LogP contribution in [0, 0.1) is 17.8 Å². The first kappa shape index (κ1) is 21.2. The Kier molecular flexibility index (Phi) is 7.04. The number of thiophene rings is 1. The van der Waals surface area contributed by atoms with Gasteiger partial charge in [-0.2, -0.15) is 0 Å². The number of hydrogen-bond acceptors (Lipinski definition) is 2. The lowest BCUT2D eigenvalue weighted by Crippen LogP contribution is -2.08. The molecule has 2 aliphatic carbocycles. The normalized spacial score (nSPS) is 20.2. The van der Waals surface area contributed by atoms with E-state index in [4.69, 9.17) is 4.74 Å². The van der Waals surface area contributed by atoms with Gasteiger partial charge in [0, 0.05) is 7.34 Å². The first-order valence-electron chi connectivity index (χ1n) is 10.9. The van der Waals surface area contributed by atoms with Gasteiger partial charge in [-0.1, -0.05) is 64.3 Å². The Hall–Kier alpha value is -1.54. The molecular weight excluding hydrogens is 360 g/mol. The second-order valence-corrected chi connectivity index (χ2v) is 9.80. The highest BCUT2D eigenvalue weighted by Crippen LogP contribution is 2.47. The number of allylic oxidation sites excluding steroid dienone is 5. The van der Waals surface area contributed by atoms with Gasteiger partial charge in [0.25, 0.3) is 0 Å². The summed E-state index contributed by atoms with van der Waals surface area (Å²) < 4.78 is 5.63. The molecule has 0 aromatic carbocycles. The molecule has 1 unspecified atom stereocenters. The number of rotatable bonds is 9. The van der Waals surface area contributed by atoms with Crippen LogP contribution in [0.4, 0.5) is 0 Å². The van der Waals surface area contributed by atoms with Gasteiger partial charge in [-0.25, -0.2) is 0 Å². The van der Waals surface area contributed by atoms with E-state index in [-0.39, 0.29) is 1.43 Å². The Labute approximate surface area is 177 Å². The van der Waals surface area contributed by atoms with Crippen molar-refractivity contribution < 1.29 is 6.16 Å². The summed E-state index contributed by atoms with van der Waals surface area (Å²) in [5.41, 5.74) is 7.06. The summed E-state index contributed by atoms with van der Waals surface area (Å²) in [6.45, 7) is 18.1. The van der Waals surface area contributed by atoms with Crippen LogP contribution in [0.15, 0.2) is 47.4 Å². The van der Waals surface area contributed by atoms with Gasteiger partial charge < -0.3 is 4.74 Å². The van der Waals surface area contributed by atoms with Crippen molar-refractivity contribution in [3.63, 3.8) is 0 Å². The fourth-order valence-electron chi connectivity index (χ4n) is 4.82. The predicted octanol–water partition coefficient (Wildman–Crippen LogP) is 8.51. The fourth-order valence-corrected chi connectivity index (χ4v) is 5.66. The summed E-state index contributed by atoms with van der Waals surface area (Å²) in [4.78, 5) is 1.14. The fraction of sp³-hybridized carbons (Fsp3) is 0.538. The Morgan fingerprint density at radius 2 is 2.00 bits per heavy atom. The van der Waals surface area contributed by atoms with Crippen LogP contribution in [0.5, 0.6) is 0 Å². The van der Waals surface area contributed by atoms with E-state index in [1.54, 1.807) is 11.3 Å². The van der Waals surface area contributed by atoms with Crippen LogP contribution in [0.2, 0.25) is 0 Å². The Balaban J connectivity index is 0.00000300. The lowest BCUT2D eigenvalue weighted by molar-refractivity contribution is 0.300. The van der Waals surface area contributed by atoms with E-state index >= 15 is 0 Å². The van der Waals surface area contributed by atoms with Gasteiger partial charge >= 0.3 is 0 Å². The number of ether oxygens (including phenoxy) is 1. The molecule has 0 saturated heterocycles. The van der Waals surface area contributed by atoms with Gasteiger partial charge in [-0.3, -0.25) is 0 Å². The molecule has 1 aromatic rings. The molecule has 1 atom stereocenters. The molecule has 3 rings (SSSR count). The Morgan fingerprint density at radius 3 is 2.64 bits per heavy atom. The molecule has 154 valence electrons. The molecule has 0 spiro atoms. The third-order valence-electron chi connectivity index (χ3n) is 6.23. The van der Waals surface area contributed by atoms with E-state index < -0.39 is 0 Å². The third-order valence-corrected chi connectivity index (χ3v) is 7.20. The van der Waals surface area contributed by atoms with E-state index in [0.717, 1.165) is 23.0 Å². The molecule has 0 radical (unpaired) electrons. The van der Waals surface area contributed by atoms with Crippen LogP contribution in [-0.4, -0.2) is 6.61 Å². The summed E-state index contributed by atoms with van der Waals surface area (Å²) in [6, 6.07) is 2.28. The monoisotopic (exact) mass is 398 g/mol. The largest absolute Gasteiger partial charge is 0.493 e. The van der Waals surface area contributed by atoms with Crippen molar-refractivity contribution in [3.05, 3.63) is 57.8 Å². The molecule has 1 nitrogen and oxygen atoms in total. The van der Waals surface area contributed by atoms with Gasteiger partial charge in [0.15, 0.2) is 0 Å². The molecule has 0 bridgehead atoms. The number of hydrogen-bond donors (Lipinski definition) is 0. The van der Waals surface area contributed by atoms with Crippen LogP contribution < -0.4 is 0 Å². The summed E-state index contributed by atoms with van der Waals surface area (Å²) in [6.07, 6.45) is 10.4. The van der Waals surface area contributed by atoms with Crippen molar-refractivity contribution in [1.82, 2.24) is 0 Å². The van der Waals surface area contributed by atoms with Crippen molar-refractivity contribution in [2.75, 3.05) is 6.61 Å². The summed E-state index contributed by atoms with van der Waals surface area (Å²) in [5.74, 6) is 2.84. The standard InChI is InChI=1S/C26H36OS.H2/c1-7-27-20(6)26-14-22(16-28-26)25-15-23(18(4)12-17(2)3)19(5)24(25)13-21-10-8-9-11-21;/h14-17,21,24H,4,6-13H2,1-3,5H3;1H. The molecule has 2 aliphatic rings. The van der Waals surface area contributed by atoms with Gasteiger partial charge in [0.2, 0.25) is 0 Å². The SMILES string of the molecule is C=C(CC(C)C)C1=C(C)C(CC2CCCC2)C(c2csc(C(=C)OCC)c2)=C1.[HH]. The zero-order chi connectivity index (χ0) is 20.3. The molecule has 0 N–H and O–H groups in total. The average Bonchev–Trinajstić information content (AvgIpc) is 3.36. The second kappa shape index (κ2) is 9.31. The average molecular weight is 399 g/mol. The van der Waals surface area contributed by atoms with Crippen LogP contribution in [0.3, 0.4) is 0 Å². The minimum atomic E-state index is 0. The van der Waals surface area contributed by atoms with Gasteiger partial charge in [-0.05, 0) is 72.3 Å². The van der Waals surface area contributed by atoms with E-state index in [9.17, 15) is 0 Å². The molecule has 28 heavy (non-hydrogen) atoms. The third kappa shape index (κ3) is 4.71. The lowest BCUT2D eigenvalue weighted by atomic mass is 9.83. The second-order valence-electron chi connectivity index (χ2n) is 8.89. The van der Waals surface area contributed by atoms with Crippen molar-refractivity contribution >= 4 is 22.7 Å². The van der Waals surface area contributed by atoms with Crippen LogP contribution in [-0.2, 0) is 4.74 Å². The molecule has 0 aliphatic heterocycles. The van der Waals surface area contributed by atoms with Gasteiger partial charge in [0.1, 0.15) is 5.76 Å². The van der Waals surface area contributed by atoms with E-state index in [1.165, 1.54) is 60.0 Å². The van der Waals surface area contributed by atoms with E-state index in [2.05, 4.69) is 51.5 Å². The van der Waals surface area contributed by atoms with E-state index in [0.29, 0.717) is 18.4 Å². The minimum absolute atomic E-state index is 0. The highest BCUT2D eigenvalue weighted by molar-refractivity contribution is 7.11. The summed E-state index contributed by atoms with van der Waals surface area (Å²) in [5, 5.41) is 2.29. The zero-order valence-corrected chi connectivity index (χ0v) is 19.0. The molecule has 2 heteroatoms. The first-order valence-corrected chi connectivity index (χ1v) is 11.8. The van der Waals surface area contributed by atoms with Crippen LogP contribution in [0.25, 0.3) is 11.3 Å². The smallest absolute Gasteiger partial charge is 0.129 e. The summed E-state index contributed by atoms with van der Waals surface area (Å²) >= 11 is 1.74. The first-order chi connectivity index (χ1) is 13.4. The van der Waals surface area contributed by atoms with Gasteiger partial charge in [0.05, 0.1) is 11.5 Å². The quantitative estimate of drug-likeness (QED) is 0.379. The summed E-state index contributed by atoms with van der Waals surface area (Å²) in [7, 11) is 0. The maximum Gasteiger partial charge on any atom is 0.129 e. The Morgan fingerprint density at radius 1 is 1.29 bits per heavy atom. The topological polar surface area (TPSA) is 9.23 Å². The maximum absolute atomic E-state index is 5.63. The predicted molar refractivity (Wildman–Crippen MR) is 126 cm³/mol. The maximum atomic E-state index is 5.63. The molecule has 0 amide bonds. The molecular formula is C26H38OS. The van der Waals surface area contributed by atoms with Crippen LogP contribution in [0.1, 0.15) is 78.1 Å². The minimum Gasteiger partial charge on any atom is -0.493 e. The molecule has 1 saturated carbocycles. The van der Waals surface area contributed by atoms with Gasteiger partial charge in [-0.15, -0.1) is 11.3 Å². The molecule has 1 fully saturated rings. The van der Waals surface area contributed by atoms with Crippen LogP contribution >= 0.6 is 11.3 Å². The highest BCUT2D eigenvalue weighted by atomic mass is 32.1. The molecule has 1 heterocycles. The van der Waals surface area contributed by atoms with Crippen molar-refractivity contribution in [1.29, 1.82) is 0 Å². The molecule has 1 aromatic heterocycles. The van der Waals surface area contributed by atoms with Crippen molar-refractivity contribution in [3.8, 4) is 0 Å². The highest BCUT2D eigenvalue weighted by Gasteiger charge is 2.31. The van der Waals surface area contributed by atoms with Crippen molar-refractivity contribution in [2.45, 2.75) is 66.2 Å².